The minimum atomic E-state index is 0.688. The fourth-order valence-electron chi connectivity index (χ4n) is 2.81. The number of ether oxygens (including phenoxy) is 1. The minimum absolute atomic E-state index is 0.688. The van der Waals surface area contributed by atoms with Crippen molar-refractivity contribution in [2.24, 2.45) is 0 Å². The molecule has 0 saturated carbocycles. The monoisotopic (exact) mass is 353 g/mol. The van der Waals surface area contributed by atoms with Crippen molar-refractivity contribution in [3.05, 3.63) is 91.0 Å². The molecule has 0 aliphatic rings. The molecule has 4 nitrogen and oxygen atoms in total. The van der Waals surface area contributed by atoms with Crippen LogP contribution in [0.15, 0.2) is 91.0 Å². The number of nitrogens with one attached hydrogen (secondary N) is 1. The van der Waals surface area contributed by atoms with Gasteiger partial charge in [0.2, 0.25) is 0 Å². The molecule has 132 valence electrons. The molecule has 0 atom stereocenters. The van der Waals surface area contributed by atoms with Gasteiger partial charge >= 0.3 is 0 Å². The van der Waals surface area contributed by atoms with E-state index in [1.807, 2.05) is 91.0 Å². The Labute approximate surface area is 158 Å². The van der Waals surface area contributed by atoms with Crippen molar-refractivity contribution in [1.29, 1.82) is 0 Å². The average molecular weight is 353 g/mol. The smallest absolute Gasteiger partial charge is 0.162 e. The van der Waals surface area contributed by atoms with Gasteiger partial charge in [-0.3, -0.25) is 0 Å². The molecule has 0 radical (unpaired) electrons. The second-order valence-electron chi connectivity index (χ2n) is 6.05. The lowest BCUT2D eigenvalue weighted by Crippen LogP contribution is -1.99. The average Bonchev–Trinajstić information content (AvgIpc) is 2.75. The summed E-state index contributed by atoms with van der Waals surface area (Å²) in [6.45, 7) is 0. The second-order valence-corrected chi connectivity index (χ2v) is 6.05. The highest BCUT2D eigenvalue weighted by molar-refractivity contribution is 5.70. The highest BCUT2D eigenvalue weighted by Crippen LogP contribution is 2.26. The Kier molecular flexibility index (Phi) is 4.79. The van der Waals surface area contributed by atoms with E-state index in [-0.39, 0.29) is 0 Å². The lowest BCUT2D eigenvalue weighted by Gasteiger charge is -2.11. The number of hydrogen-bond donors (Lipinski definition) is 1. The number of nitrogens with zero attached hydrogens (tertiary/aromatic N) is 2. The maximum atomic E-state index is 5.22. The van der Waals surface area contributed by atoms with Gasteiger partial charge in [-0.05, 0) is 24.3 Å². The molecule has 1 heterocycles. The van der Waals surface area contributed by atoms with Crippen LogP contribution in [0.4, 0.5) is 11.5 Å². The summed E-state index contributed by atoms with van der Waals surface area (Å²) in [5.41, 5.74) is 3.84. The topological polar surface area (TPSA) is 47.0 Å². The van der Waals surface area contributed by atoms with Crippen molar-refractivity contribution in [2.75, 3.05) is 12.4 Å². The molecule has 0 aliphatic carbocycles. The first-order valence-electron chi connectivity index (χ1n) is 8.73. The number of aromatic nitrogens is 2. The van der Waals surface area contributed by atoms with Crippen LogP contribution in [-0.2, 0) is 0 Å². The van der Waals surface area contributed by atoms with Gasteiger partial charge in [-0.2, -0.15) is 0 Å². The maximum absolute atomic E-state index is 5.22. The van der Waals surface area contributed by atoms with Crippen molar-refractivity contribution >= 4 is 11.5 Å². The third kappa shape index (κ3) is 3.96. The molecular formula is C23H19N3O. The highest BCUT2D eigenvalue weighted by atomic mass is 16.5. The van der Waals surface area contributed by atoms with Gasteiger partial charge in [-0.25, -0.2) is 9.97 Å². The van der Waals surface area contributed by atoms with E-state index in [0.717, 1.165) is 34.1 Å². The van der Waals surface area contributed by atoms with Crippen molar-refractivity contribution in [2.45, 2.75) is 0 Å². The fraction of sp³-hybridized carbons (Fsp3) is 0.0435. The van der Waals surface area contributed by atoms with Crippen molar-refractivity contribution < 1.29 is 4.74 Å². The van der Waals surface area contributed by atoms with Crippen LogP contribution in [0.2, 0.25) is 0 Å². The normalized spacial score (nSPS) is 10.4. The summed E-state index contributed by atoms with van der Waals surface area (Å²) in [4.78, 5) is 9.49. The summed E-state index contributed by atoms with van der Waals surface area (Å²) in [6, 6.07) is 29.8. The third-order valence-electron chi connectivity index (χ3n) is 4.19. The standard InChI is InChI=1S/C23H19N3O/c1-27-20-14-12-19(13-15-20)24-22-16-21(17-8-4-2-5-9-17)25-23(26-22)18-10-6-3-7-11-18/h2-16H,1H3,(H,24,25,26). The van der Waals surface area contributed by atoms with Gasteiger partial charge < -0.3 is 10.1 Å². The number of rotatable bonds is 5. The Morgan fingerprint density at radius 1 is 0.704 bits per heavy atom. The third-order valence-corrected chi connectivity index (χ3v) is 4.19. The highest BCUT2D eigenvalue weighted by Gasteiger charge is 2.09. The summed E-state index contributed by atoms with van der Waals surface area (Å²) >= 11 is 0. The van der Waals surface area contributed by atoms with Gasteiger partial charge in [-0.15, -0.1) is 0 Å². The zero-order chi connectivity index (χ0) is 18.5. The van der Waals surface area contributed by atoms with E-state index in [0.29, 0.717) is 5.82 Å². The quantitative estimate of drug-likeness (QED) is 0.510. The molecule has 27 heavy (non-hydrogen) atoms. The number of hydrogen-bond acceptors (Lipinski definition) is 4. The van der Waals surface area contributed by atoms with E-state index in [4.69, 9.17) is 14.7 Å². The van der Waals surface area contributed by atoms with Gasteiger partial charge in [0.15, 0.2) is 5.82 Å². The molecule has 4 rings (SSSR count). The number of methoxy groups -OCH3 is 1. The van der Waals surface area contributed by atoms with Gasteiger partial charge in [0.1, 0.15) is 11.6 Å². The zero-order valence-electron chi connectivity index (χ0n) is 15.0. The van der Waals surface area contributed by atoms with Gasteiger partial charge in [0.25, 0.3) is 0 Å². The van der Waals surface area contributed by atoms with Crippen LogP contribution < -0.4 is 10.1 Å². The van der Waals surface area contributed by atoms with E-state index in [9.17, 15) is 0 Å². The lowest BCUT2D eigenvalue weighted by molar-refractivity contribution is 0.415. The molecule has 1 aromatic heterocycles. The van der Waals surface area contributed by atoms with E-state index in [1.54, 1.807) is 7.11 Å². The summed E-state index contributed by atoms with van der Waals surface area (Å²) in [5.74, 6) is 2.25. The van der Waals surface area contributed by atoms with E-state index in [2.05, 4.69) is 5.32 Å². The summed E-state index contributed by atoms with van der Waals surface area (Å²) in [6.07, 6.45) is 0. The second kappa shape index (κ2) is 7.70. The van der Waals surface area contributed by atoms with E-state index >= 15 is 0 Å². The van der Waals surface area contributed by atoms with Crippen LogP contribution >= 0.6 is 0 Å². The Morgan fingerprint density at radius 2 is 1.33 bits per heavy atom. The molecule has 0 unspecified atom stereocenters. The fourth-order valence-corrected chi connectivity index (χ4v) is 2.81. The summed E-state index contributed by atoms with van der Waals surface area (Å²) in [7, 11) is 1.66. The van der Waals surface area contributed by atoms with Crippen LogP contribution in [0.25, 0.3) is 22.6 Å². The maximum Gasteiger partial charge on any atom is 0.162 e. The molecule has 3 aromatic carbocycles. The zero-order valence-corrected chi connectivity index (χ0v) is 15.0. The van der Waals surface area contributed by atoms with Crippen LogP contribution in [0.5, 0.6) is 5.75 Å². The van der Waals surface area contributed by atoms with Crippen molar-refractivity contribution in [3.8, 4) is 28.4 Å². The first kappa shape index (κ1) is 16.8. The van der Waals surface area contributed by atoms with Crippen molar-refractivity contribution in [1.82, 2.24) is 9.97 Å². The van der Waals surface area contributed by atoms with Crippen LogP contribution in [0.1, 0.15) is 0 Å². The van der Waals surface area contributed by atoms with Crippen LogP contribution in [-0.4, -0.2) is 17.1 Å². The van der Waals surface area contributed by atoms with Crippen molar-refractivity contribution in [3.63, 3.8) is 0 Å². The molecule has 0 aliphatic heterocycles. The first-order valence-corrected chi connectivity index (χ1v) is 8.73. The van der Waals surface area contributed by atoms with Gasteiger partial charge in [-0.1, -0.05) is 60.7 Å². The van der Waals surface area contributed by atoms with Gasteiger partial charge in [0, 0.05) is 22.9 Å². The Morgan fingerprint density at radius 3 is 1.96 bits per heavy atom. The molecule has 0 spiro atoms. The van der Waals surface area contributed by atoms with E-state index < -0.39 is 0 Å². The predicted molar refractivity (Wildman–Crippen MR) is 109 cm³/mol. The molecule has 4 aromatic rings. The molecule has 0 bridgehead atoms. The molecule has 0 fully saturated rings. The first-order chi connectivity index (χ1) is 13.3. The Bertz CT molecular complexity index is 959. The SMILES string of the molecule is COc1ccc(Nc2cc(-c3ccccc3)nc(-c3ccccc3)n2)cc1. The largest absolute Gasteiger partial charge is 0.497 e. The molecule has 4 heteroatoms. The molecule has 0 amide bonds. The number of benzene rings is 3. The lowest BCUT2D eigenvalue weighted by atomic mass is 10.1. The Hall–Kier alpha value is -3.66. The summed E-state index contributed by atoms with van der Waals surface area (Å²) < 4.78 is 5.22. The summed E-state index contributed by atoms with van der Waals surface area (Å²) in [5, 5.41) is 3.37. The van der Waals surface area contributed by atoms with Gasteiger partial charge in [0.05, 0.1) is 12.8 Å². The number of anilines is 2. The van der Waals surface area contributed by atoms with Crippen LogP contribution in [0.3, 0.4) is 0 Å². The molecule has 0 saturated heterocycles. The minimum Gasteiger partial charge on any atom is -0.497 e. The molecule has 1 N–H and O–H groups in total. The predicted octanol–water partition coefficient (Wildman–Crippen LogP) is 5.56. The van der Waals surface area contributed by atoms with E-state index in [1.165, 1.54) is 0 Å². The molecular weight excluding hydrogens is 334 g/mol. The Balaban J connectivity index is 1.75. The van der Waals surface area contributed by atoms with Crippen LogP contribution in [0, 0.1) is 0 Å².